The molecule has 0 aromatic rings. The summed E-state index contributed by atoms with van der Waals surface area (Å²) in [5.41, 5.74) is 4.73. The maximum Gasteiger partial charge on any atom is 0.248 e. The van der Waals surface area contributed by atoms with E-state index in [4.69, 9.17) is 5.73 Å². The third-order valence-electron chi connectivity index (χ3n) is 3.92. The van der Waals surface area contributed by atoms with Crippen molar-refractivity contribution < 1.29 is 9.59 Å². The van der Waals surface area contributed by atoms with Crippen LogP contribution in [0.3, 0.4) is 0 Å². The topological polar surface area (TPSA) is 75.4 Å². The van der Waals surface area contributed by atoms with E-state index in [2.05, 4.69) is 5.32 Å². The number of nitrogens with two attached hydrogens (primary N) is 1. The highest BCUT2D eigenvalue weighted by Gasteiger charge is 2.42. The monoisotopic (exact) mass is 269 g/mol. The van der Waals surface area contributed by atoms with Gasteiger partial charge in [0.1, 0.15) is 5.54 Å². The fraction of sp³-hybridized carbons (Fsp3) is 0.857. The van der Waals surface area contributed by atoms with E-state index in [1.54, 1.807) is 0 Å². The van der Waals surface area contributed by atoms with Crippen molar-refractivity contribution in [3.8, 4) is 0 Å². The summed E-state index contributed by atoms with van der Waals surface area (Å²) in [4.78, 5) is 26.4. The average Bonchev–Trinajstić information content (AvgIpc) is 2.41. The van der Waals surface area contributed by atoms with Crippen LogP contribution < -0.4 is 11.1 Å². The number of hydrogen-bond donors (Lipinski definition) is 2. The van der Waals surface area contributed by atoms with Gasteiger partial charge in [0.2, 0.25) is 11.8 Å². The minimum absolute atomic E-state index is 0.0718. The quantitative estimate of drug-likeness (QED) is 0.756. The zero-order chi connectivity index (χ0) is 14.3. The van der Waals surface area contributed by atoms with Crippen LogP contribution in [0.1, 0.15) is 52.4 Å². The molecule has 0 saturated heterocycles. The Hall–Kier alpha value is -1.10. The zero-order valence-electron chi connectivity index (χ0n) is 12.2. The van der Waals surface area contributed by atoms with Crippen LogP contribution in [0.2, 0.25) is 0 Å². The number of likely N-dealkylation sites (N-methyl/N-ethyl adjacent to an activating group) is 1. The first-order valence-corrected chi connectivity index (χ1v) is 7.40. The lowest BCUT2D eigenvalue weighted by atomic mass is 9.80. The molecule has 0 aromatic heterocycles. The Bertz CT molecular complexity index is 308. The van der Waals surface area contributed by atoms with E-state index in [0.29, 0.717) is 19.6 Å². The number of hydrogen-bond acceptors (Lipinski definition) is 3. The fourth-order valence-electron chi connectivity index (χ4n) is 2.82. The smallest absolute Gasteiger partial charge is 0.248 e. The van der Waals surface area contributed by atoms with Gasteiger partial charge in [-0.1, -0.05) is 19.3 Å². The lowest BCUT2D eigenvalue weighted by Gasteiger charge is -2.40. The van der Waals surface area contributed by atoms with Gasteiger partial charge >= 0.3 is 0 Å². The van der Waals surface area contributed by atoms with Crippen LogP contribution in [-0.2, 0) is 9.59 Å². The van der Waals surface area contributed by atoms with Crippen molar-refractivity contribution in [3.05, 3.63) is 0 Å². The van der Waals surface area contributed by atoms with E-state index in [1.165, 1.54) is 0 Å². The SMILES string of the molecule is CCN(CC)C(=O)C1(NC(=O)CCN)CCCCC1. The van der Waals surface area contributed by atoms with Crippen LogP contribution in [0.4, 0.5) is 0 Å². The Kier molecular flexibility index (Phi) is 6.28. The third-order valence-corrected chi connectivity index (χ3v) is 3.92. The molecule has 0 spiro atoms. The molecule has 5 heteroatoms. The van der Waals surface area contributed by atoms with Gasteiger partial charge in [-0.05, 0) is 26.7 Å². The van der Waals surface area contributed by atoms with E-state index >= 15 is 0 Å². The normalized spacial score (nSPS) is 17.8. The number of amides is 2. The van der Waals surface area contributed by atoms with Crippen LogP contribution in [0.25, 0.3) is 0 Å². The summed E-state index contributed by atoms with van der Waals surface area (Å²) in [6.45, 7) is 5.63. The summed E-state index contributed by atoms with van der Waals surface area (Å²) in [5, 5.41) is 2.97. The van der Waals surface area contributed by atoms with Crippen LogP contribution >= 0.6 is 0 Å². The average molecular weight is 269 g/mol. The van der Waals surface area contributed by atoms with Crippen molar-refractivity contribution in [2.75, 3.05) is 19.6 Å². The van der Waals surface area contributed by atoms with Crippen molar-refractivity contribution in [1.29, 1.82) is 0 Å². The molecule has 1 aliphatic rings. The van der Waals surface area contributed by atoms with Crippen molar-refractivity contribution in [1.82, 2.24) is 10.2 Å². The Morgan fingerprint density at radius 3 is 2.21 bits per heavy atom. The number of rotatable bonds is 6. The Morgan fingerprint density at radius 2 is 1.74 bits per heavy atom. The highest BCUT2D eigenvalue weighted by Crippen LogP contribution is 2.30. The minimum atomic E-state index is -0.684. The molecule has 2 amide bonds. The maximum atomic E-state index is 12.7. The first-order valence-electron chi connectivity index (χ1n) is 7.40. The Morgan fingerprint density at radius 1 is 1.16 bits per heavy atom. The van der Waals surface area contributed by atoms with E-state index in [0.717, 1.165) is 32.1 Å². The molecule has 1 saturated carbocycles. The Balaban J connectivity index is 2.85. The second-order valence-corrected chi connectivity index (χ2v) is 5.21. The molecule has 0 unspecified atom stereocenters. The molecular weight excluding hydrogens is 242 g/mol. The van der Waals surface area contributed by atoms with E-state index < -0.39 is 5.54 Å². The van der Waals surface area contributed by atoms with Crippen LogP contribution in [-0.4, -0.2) is 41.9 Å². The van der Waals surface area contributed by atoms with E-state index in [1.807, 2.05) is 18.7 Å². The summed E-state index contributed by atoms with van der Waals surface area (Å²) >= 11 is 0. The summed E-state index contributed by atoms with van der Waals surface area (Å²) in [7, 11) is 0. The predicted octanol–water partition coefficient (Wildman–Crippen LogP) is 1.02. The summed E-state index contributed by atoms with van der Waals surface area (Å²) in [6, 6.07) is 0. The molecule has 0 aromatic carbocycles. The molecule has 3 N–H and O–H groups in total. The van der Waals surface area contributed by atoms with Gasteiger partial charge in [0, 0.05) is 26.1 Å². The zero-order valence-corrected chi connectivity index (χ0v) is 12.2. The van der Waals surface area contributed by atoms with Gasteiger partial charge in [-0.3, -0.25) is 9.59 Å². The van der Waals surface area contributed by atoms with Crippen LogP contribution in [0.5, 0.6) is 0 Å². The van der Waals surface area contributed by atoms with Crippen molar-refractivity contribution in [2.24, 2.45) is 5.73 Å². The molecule has 0 bridgehead atoms. The van der Waals surface area contributed by atoms with Gasteiger partial charge in [0.15, 0.2) is 0 Å². The van der Waals surface area contributed by atoms with E-state index in [9.17, 15) is 9.59 Å². The molecule has 1 fully saturated rings. The van der Waals surface area contributed by atoms with Gasteiger partial charge in [-0.15, -0.1) is 0 Å². The highest BCUT2D eigenvalue weighted by atomic mass is 16.2. The van der Waals surface area contributed by atoms with Crippen molar-refractivity contribution >= 4 is 11.8 Å². The maximum absolute atomic E-state index is 12.7. The molecule has 0 aliphatic heterocycles. The number of carbonyl (C=O) groups excluding carboxylic acids is 2. The number of nitrogens with zero attached hydrogens (tertiary/aromatic N) is 1. The molecule has 5 nitrogen and oxygen atoms in total. The van der Waals surface area contributed by atoms with E-state index in [-0.39, 0.29) is 18.2 Å². The second-order valence-electron chi connectivity index (χ2n) is 5.21. The molecule has 110 valence electrons. The number of carbonyl (C=O) groups is 2. The lowest BCUT2D eigenvalue weighted by Crippen LogP contribution is -2.60. The minimum Gasteiger partial charge on any atom is -0.342 e. The van der Waals surface area contributed by atoms with Gasteiger partial charge < -0.3 is 16.0 Å². The third kappa shape index (κ3) is 3.93. The predicted molar refractivity (Wildman–Crippen MR) is 75.6 cm³/mol. The largest absolute Gasteiger partial charge is 0.342 e. The highest BCUT2D eigenvalue weighted by molar-refractivity contribution is 5.91. The Labute approximate surface area is 115 Å². The fourth-order valence-corrected chi connectivity index (χ4v) is 2.82. The van der Waals surface area contributed by atoms with Gasteiger partial charge in [-0.2, -0.15) is 0 Å². The molecule has 1 rings (SSSR count). The van der Waals surface area contributed by atoms with Crippen LogP contribution in [0.15, 0.2) is 0 Å². The summed E-state index contributed by atoms with van der Waals surface area (Å²) in [5.74, 6) is -0.0347. The van der Waals surface area contributed by atoms with Crippen molar-refractivity contribution in [3.63, 3.8) is 0 Å². The van der Waals surface area contributed by atoms with Crippen LogP contribution in [0, 0.1) is 0 Å². The summed E-state index contributed by atoms with van der Waals surface area (Å²) in [6.07, 6.45) is 4.91. The first-order chi connectivity index (χ1) is 9.09. The van der Waals surface area contributed by atoms with Gasteiger partial charge in [0.25, 0.3) is 0 Å². The lowest BCUT2D eigenvalue weighted by molar-refractivity contribution is -0.143. The molecule has 0 radical (unpaired) electrons. The molecule has 1 aliphatic carbocycles. The first kappa shape index (κ1) is 16.0. The second kappa shape index (κ2) is 7.48. The summed E-state index contributed by atoms with van der Waals surface area (Å²) < 4.78 is 0. The van der Waals surface area contributed by atoms with Gasteiger partial charge in [0.05, 0.1) is 0 Å². The molecular formula is C14H27N3O2. The standard InChI is InChI=1S/C14H27N3O2/c1-3-17(4-2)13(19)14(9-6-5-7-10-14)16-12(18)8-11-15/h3-11,15H2,1-2H3,(H,16,18). The molecule has 0 atom stereocenters. The number of nitrogens with one attached hydrogen (secondary N) is 1. The molecule has 19 heavy (non-hydrogen) atoms. The van der Waals surface area contributed by atoms with Crippen molar-refractivity contribution in [2.45, 2.75) is 57.9 Å². The van der Waals surface area contributed by atoms with Gasteiger partial charge in [-0.25, -0.2) is 0 Å². The molecule has 0 heterocycles.